The largest absolute Gasteiger partial charge is 0.495 e. The van der Waals surface area contributed by atoms with E-state index in [-0.39, 0.29) is 10.8 Å². The Morgan fingerprint density at radius 2 is 1.73 bits per heavy atom. The summed E-state index contributed by atoms with van der Waals surface area (Å²) in [6, 6.07) is 13.4. The summed E-state index contributed by atoms with van der Waals surface area (Å²) in [6.07, 6.45) is 2.04. The fraction of sp³-hybridized carbons (Fsp3) is 0.409. The molecule has 2 aromatic carbocycles. The zero-order valence-electron chi connectivity index (χ0n) is 17.9. The number of hydrogen-bond acceptors (Lipinski definition) is 5. The minimum atomic E-state index is -3.79. The predicted octanol–water partition coefficient (Wildman–Crippen LogP) is 2.69. The van der Waals surface area contributed by atoms with Gasteiger partial charge in [-0.05, 0) is 63.3 Å². The predicted molar refractivity (Wildman–Crippen MR) is 118 cm³/mol. The fourth-order valence-electron chi connectivity index (χ4n) is 3.69. The molecular weight excluding hydrogens is 402 g/mol. The van der Waals surface area contributed by atoms with E-state index in [2.05, 4.69) is 4.90 Å². The average molecular weight is 432 g/mol. The smallest absolute Gasteiger partial charge is 0.264 e. The van der Waals surface area contributed by atoms with E-state index in [0.717, 1.165) is 19.4 Å². The van der Waals surface area contributed by atoms with Gasteiger partial charge in [0.2, 0.25) is 0 Å². The first-order chi connectivity index (χ1) is 14.3. The molecule has 0 N–H and O–H groups in total. The number of rotatable bonds is 6. The van der Waals surface area contributed by atoms with Crippen LogP contribution in [0.5, 0.6) is 5.75 Å². The molecule has 0 radical (unpaired) electrons. The van der Waals surface area contributed by atoms with Gasteiger partial charge in [0, 0.05) is 31.7 Å². The van der Waals surface area contributed by atoms with Gasteiger partial charge in [-0.15, -0.1) is 0 Å². The molecule has 162 valence electrons. The minimum absolute atomic E-state index is 0.0661. The first-order valence-electron chi connectivity index (χ1n) is 9.93. The maximum atomic E-state index is 13.1. The lowest BCUT2D eigenvalue weighted by atomic mass is 10.0. The summed E-state index contributed by atoms with van der Waals surface area (Å²) in [5.74, 6) is 0.402. The highest BCUT2D eigenvalue weighted by Crippen LogP contribution is 2.31. The highest BCUT2D eigenvalue weighted by molar-refractivity contribution is 7.92. The Morgan fingerprint density at radius 1 is 1.07 bits per heavy atom. The summed E-state index contributed by atoms with van der Waals surface area (Å²) in [4.78, 5) is 17.0. The molecule has 1 amide bonds. The van der Waals surface area contributed by atoms with Crippen molar-refractivity contribution >= 4 is 21.6 Å². The highest BCUT2D eigenvalue weighted by Gasteiger charge is 2.27. The van der Waals surface area contributed by atoms with Crippen LogP contribution in [0, 0.1) is 0 Å². The van der Waals surface area contributed by atoms with Crippen molar-refractivity contribution in [3.05, 3.63) is 54.1 Å². The topological polar surface area (TPSA) is 70.2 Å². The van der Waals surface area contributed by atoms with Gasteiger partial charge in [0.1, 0.15) is 5.75 Å². The maximum Gasteiger partial charge on any atom is 0.264 e. The number of ether oxygens (including phenoxy) is 1. The molecular formula is C22H29N3O4S. The van der Waals surface area contributed by atoms with Gasteiger partial charge in [0.05, 0.1) is 17.7 Å². The number of benzene rings is 2. The molecule has 8 heteroatoms. The van der Waals surface area contributed by atoms with Gasteiger partial charge in [-0.2, -0.15) is 0 Å². The fourth-order valence-corrected chi connectivity index (χ4v) is 4.90. The van der Waals surface area contributed by atoms with E-state index >= 15 is 0 Å². The van der Waals surface area contributed by atoms with Crippen LogP contribution < -0.4 is 9.04 Å². The second-order valence-corrected chi connectivity index (χ2v) is 9.65. The number of likely N-dealkylation sites (N-methyl/N-ethyl adjacent to an activating group) is 1. The summed E-state index contributed by atoms with van der Waals surface area (Å²) < 4.78 is 32.6. The zero-order chi connectivity index (χ0) is 21.9. The molecule has 0 saturated carbocycles. The normalized spacial score (nSPS) is 17.1. The Bertz CT molecular complexity index is 990. The molecule has 0 spiro atoms. The second-order valence-electron chi connectivity index (χ2n) is 7.68. The minimum Gasteiger partial charge on any atom is -0.495 e. The van der Waals surface area contributed by atoms with Crippen LogP contribution in [0.2, 0.25) is 0 Å². The molecule has 1 aliphatic heterocycles. The summed E-state index contributed by atoms with van der Waals surface area (Å²) in [6.45, 7) is 1.40. The first kappa shape index (κ1) is 22.1. The molecule has 0 bridgehead atoms. The highest BCUT2D eigenvalue weighted by atomic mass is 32.2. The SMILES string of the molecule is COc1ccccc1N(C)S(=O)(=O)c1ccc(C(=O)N2CCCC(N(C)C)C2)cc1. The Hall–Kier alpha value is -2.58. The number of likely N-dealkylation sites (tertiary alicyclic amines) is 1. The van der Waals surface area contributed by atoms with Crippen molar-refractivity contribution in [3.8, 4) is 5.75 Å². The van der Waals surface area contributed by atoms with Crippen molar-refractivity contribution in [2.45, 2.75) is 23.8 Å². The van der Waals surface area contributed by atoms with E-state index in [9.17, 15) is 13.2 Å². The average Bonchev–Trinajstić information content (AvgIpc) is 2.78. The van der Waals surface area contributed by atoms with Crippen molar-refractivity contribution in [2.24, 2.45) is 0 Å². The number of carbonyl (C=O) groups is 1. The number of amides is 1. The number of piperidine rings is 1. The van der Waals surface area contributed by atoms with Gasteiger partial charge < -0.3 is 14.5 Å². The Labute approximate surface area is 178 Å². The molecule has 1 unspecified atom stereocenters. The van der Waals surface area contributed by atoms with E-state index in [0.29, 0.717) is 29.6 Å². The lowest BCUT2D eigenvalue weighted by Crippen LogP contribution is -2.47. The number of methoxy groups -OCH3 is 1. The van der Waals surface area contributed by atoms with Crippen LogP contribution in [0.4, 0.5) is 5.69 Å². The van der Waals surface area contributed by atoms with Crippen LogP contribution >= 0.6 is 0 Å². The van der Waals surface area contributed by atoms with Gasteiger partial charge >= 0.3 is 0 Å². The zero-order valence-corrected chi connectivity index (χ0v) is 18.7. The summed E-state index contributed by atoms with van der Waals surface area (Å²) >= 11 is 0. The van der Waals surface area contributed by atoms with Crippen molar-refractivity contribution < 1.29 is 17.9 Å². The standard InChI is InChI=1S/C22H29N3O4S/c1-23(2)18-8-7-15-25(16-18)22(26)17-11-13-19(14-12-17)30(27,28)24(3)20-9-5-6-10-21(20)29-4/h5-6,9-14,18H,7-8,15-16H2,1-4H3. The van der Waals surface area contributed by atoms with Crippen LogP contribution in [-0.4, -0.2) is 71.5 Å². The molecule has 1 fully saturated rings. The molecule has 7 nitrogen and oxygen atoms in total. The molecule has 1 atom stereocenters. The lowest BCUT2D eigenvalue weighted by molar-refractivity contribution is 0.0635. The first-order valence-corrected chi connectivity index (χ1v) is 11.4. The van der Waals surface area contributed by atoms with Gasteiger partial charge in [-0.1, -0.05) is 12.1 Å². The van der Waals surface area contributed by atoms with Crippen LogP contribution in [0.25, 0.3) is 0 Å². The van der Waals surface area contributed by atoms with E-state index in [1.807, 2.05) is 19.0 Å². The Balaban J connectivity index is 1.80. The Kier molecular flexibility index (Phi) is 6.67. The van der Waals surface area contributed by atoms with Crippen molar-refractivity contribution in [3.63, 3.8) is 0 Å². The molecule has 2 aromatic rings. The molecule has 0 aliphatic carbocycles. The molecule has 0 aromatic heterocycles. The van der Waals surface area contributed by atoms with Crippen molar-refractivity contribution in [2.75, 3.05) is 45.6 Å². The molecule has 30 heavy (non-hydrogen) atoms. The maximum absolute atomic E-state index is 13.1. The second kappa shape index (κ2) is 9.06. The third kappa shape index (κ3) is 4.44. The third-order valence-electron chi connectivity index (χ3n) is 5.60. The number of anilines is 1. The molecule has 1 saturated heterocycles. The number of sulfonamides is 1. The van der Waals surface area contributed by atoms with Crippen LogP contribution in [-0.2, 0) is 10.0 Å². The van der Waals surface area contributed by atoms with Crippen molar-refractivity contribution in [1.29, 1.82) is 0 Å². The summed E-state index contributed by atoms with van der Waals surface area (Å²) in [7, 11) is 3.25. The van der Waals surface area contributed by atoms with E-state index < -0.39 is 10.0 Å². The van der Waals surface area contributed by atoms with Gasteiger partial charge in [0.25, 0.3) is 15.9 Å². The van der Waals surface area contributed by atoms with Gasteiger partial charge in [-0.25, -0.2) is 8.42 Å². The number of carbonyl (C=O) groups excluding carboxylic acids is 1. The van der Waals surface area contributed by atoms with E-state index in [4.69, 9.17) is 4.74 Å². The van der Waals surface area contributed by atoms with E-state index in [1.165, 1.54) is 30.6 Å². The van der Waals surface area contributed by atoms with Crippen molar-refractivity contribution in [1.82, 2.24) is 9.80 Å². The van der Waals surface area contributed by atoms with E-state index in [1.54, 1.807) is 36.4 Å². The van der Waals surface area contributed by atoms with Gasteiger partial charge in [0.15, 0.2) is 0 Å². The molecule has 1 heterocycles. The molecule has 1 aliphatic rings. The Morgan fingerprint density at radius 3 is 2.37 bits per heavy atom. The third-order valence-corrected chi connectivity index (χ3v) is 7.38. The summed E-state index contributed by atoms with van der Waals surface area (Å²) in [5, 5.41) is 0. The van der Waals surface area contributed by atoms with Crippen LogP contribution in [0.1, 0.15) is 23.2 Å². The molecule has 3 rings (SSSR count). The quantitative estimate of drug-likeness (QED) is 0.703. The summed E-state index contributed by atoms with van der Waals surface area (Å²) in [5.41, 5.74) is 0.941. The van der Waals surface area contributed by atoms with Crippen LogP contribution in [0.15, 0.2) is 53.4 Å². The lowest BCUT2D eigenvalue weighted by Gasteiger charge is -2.36. The van der Waals surface area contributed by atoms with Gasteiger partial charge in [-0.3, -0.25) is 9.10 Å². The monoisotopic (exact) mass is 431 g/mol. The number of nitrogens with zero attached hydrogens (tertiary/aromatic N) is 3. The number of hydrogen-bond donors (Lipinski definition) is 0. The van der Waals surface area contributed by atoms with Crippen LogP contribution in [0.3, 0.4) is 0 Å². The number of para-hydroxylation sites is 2.